The van der Waals surface area contributed by atoms with E-state index in [-0.39, 0.29) is 16.1 Å². The second-order valence-corrected chi connectivity index (χ2v) is 7.74. The maximum Gasteiger partial charge on any atom is 0.335 e. The van der Waals surface area contributed by atoms with Gasteiger partial charge in [-0.15, -0.1) is 0 Å². The van der Waals surface area contributed by atoms with Crippen LogP contribution in [-0.4, -0.2) is 45.8 Å². The van der Waals surface area contributed by atoms with E-state index in [1.54, 1.807) is 18.2 Å². The van der Waals surface area contributed by atoms with Gasteiger partial charge in [-0.25, -0.2) is 13.2 Å². The zero-order chi connectivity index (χ0) is 18.7. The largest absolute Gasteiger partial charge is 0.478 e. The molecule has 1 heterocycles. The van der Waals surface area contributed by atoms with Crippen molar-refractivity contribution in [2.75, 3.05) is 35.9 Å². The Labute approximate surface area is 152 Å². The number of aromatic carboxylic acids is 1. The molecule has 1 fully saturated rings. The fourth-order valence-electron chi connectivity index (χ4n) is 2.75. The summed E-state index contributed by atoms with van der Waals surface area (Å²) in [6.45, 7) is 4.14. The Kier molecular flexibility index (Phi) is 5.15. The number of ether oxygens (including phenoxy) is 1. The number of benzene rings is 2. The van der Waals surface area contributed by atoms with Gasteiger partial charge in [0, 0.05) is 13.1 Å². The summed E-state index contributed by atoms with van der Waals surface area (Å²) < 4.78 is 33.3. The molecule has 0 aromatic heterocycles. The van der Waals surface area contributed by atoms with E-state index in [9.17, 15) is 18.3 Å². The molecule has 0 spiro atoms. The second kappa shape index (κ2) is 7.35. The molecule has 0 radical (unpaired) electrons. The first-order chi connectivity index (χ1) is 12.4. The number of carboxylic acids is 1. The van der Waals surface area contributed by atoms with Crippen molar-refractivity contribution in [1.29, 1.82) is 0 Å². The summed E-state index contributed by atoms with van der Waals surface area (Å²) in [5, 5.41) is 9.25. The number of morpholine rings is 1. The minimum Gasteiger partial charge on any atom is -0.478 e. The van der Waals surface area contributed by atoms with Crippen LogP contribution in [0.5, 0.6) is 0 Å². The molecule has 2 aromatic carbocycles. The molecule has 2 aromatic rings. The molecule has 8 heteroatoms. The van der Waals surface area contributed by atoms with Crippen molar-refractivity contribution in [3.63, 3.8) is 0 Å². The van der Waals surface area contributed by atoms with Crippen LogP contribution in [0, 0.1) is 6.92 Å². The van der Waals surface area contributed by atoms with Gasteiger partial charge in [-0.2, -0.15) is 0 Å². The molecule has 26 heavy (non-hydrogen) atoms. The lowest BCUT2D eigenvalue weighted by atomic mass is 10.1. The molecular weight excluding hydrogens is 356 g/mol. The van der Waals surface area contributed by atoms with Gasteiger partial charge in [-0.05, 0) is 37.3 Å². The molecule has 1 aliphatic heterocycles. The fraction of sp³-hybridized carbons (Fsp3) is 0.278. The fourth-order valence-corrected chi connectivity index (χ4v) is 3.82. The minimum absolute atomic E-state index is 0.0172. The molecular formula is C18H20N2O5S. The van der Waals surface area contributed by atoms with Gasteiger partial charge in [-0.3, -0.25) is 4.72 Å². The second-order valence-electron chi connectivity index (χ2n) is 6.06. The molecule has 0 atom stereocenters. The van der Waals surface area contributed by atoms with Crippen molar-refractivity contribution in [2.45, 2.75) is 11.8 Å². The van der Waals surface area contributed by atoms with Crippen LogP contribution >= 0.6 is 0 Å². The van der Waals surface area contributed by atoms with Gasteiger partial charge in [0.1, 0.15) is 0 Å². The zero-order valence-electron chi connectivity index (χ0n) is 14.3. The molecule has 138 valence electrons. The molecule has 0 bridgehead atoms. The summed E-state index contributed by atoms with van der Waals surface area (Å²) in [7, 11) is -3.83. The van der Waals surface area contributed by atoms with Crippen molar-refractivity contribution in [3.8, 4) is 0 Å². The Balaban J connectivity index is 1.99. The van der Waals surface area contributed by atoms with E-state index in [1.807, 2.05) is 11.8 Å². The number of aryl methyl sites for hydroxylation is 1. The predicted octanol–water partition coefficient (Wildman–Crippen LogP) is 2.33. The van der Waals surface area contributed by atoms with Crippen LogP contribution in [0.4, 0.5) is 11.4 Å². The monoisotopic (exact) mass is 376 g/mol. The van der Waals surface area contributed by atoms with Gasteiger partial charge in [0.25, 0.3) is 10.0 Å². The SMILES string of the molecule is Cc1ccc(S(=O)(=O)Nc2cc(C(=O)O)ccc2N2CCOCC2)cc1. The normalized spacial score (nSPS) is 14.9. The number of carboxylic acid groups (broad SMARTS) is 1. The predicted molar refractivity (Wildman–Crippen MR) is 98.4 cm³/mol. The van der Waals surface area contributed by atoms with Gasteiger partial charge in [0.05, 0.1) is 35.0 Å². The summed E-state index contributed by atoms with van der Waals surface area (Å²) in [5.41, 5.74) is 1.84. The van der Waals surface area contributed by atoms with Gasteiger partial charge in [-0.1, -0.05) is 17.7 Å². The van der Waals surface area contributed by atoms with Gasteiger partial charge >= 0.3 is 5.97 Å². The molecule has 1 saturated heterocycles. The van der Waals surface area contributed by atoms with Crippen molar-refractivity contribution < 1.29 is 23.1 Å². The van der Waals surface area contributed by atoms with E-state index in [4.69, 9.17) is 4.74 Å². The first-order valence-corrected chi connectivity index (χ1v) is 9.65. The van der Waals surface area contributed by atoms with Gasteiger partial charge in [0.15, 0.2) is 0 Å². The van der Waals surface area contributed by atoms with Crippen LogP contribution in [0.15, 0.2) is 47.4 Å². The maximum absolute atomic E-state index is 12.7. The average molecular weight is 376 g/mol. The van der Waals surface area contributed by atoms with Crippen molar-refractivity contribution >= 4 is 27.4 Å². The number of nitrogens with one attached hydrogen (secondary N) is 1. The average Bonchev–Trinajstić information content (AvgIpc) is 2.62. The summed E-state index contributed by atoms with van der Waals surface area (Å²) in [5.74, 6) is -1.12. The number of carbonyl (C=O) groups is 1. The quantitative estimate of drug-likeness (QED) is 0.831. The third-order valence-corrected chi connectivity index (χ3v) is 5.55. The number of hydrogen-bond acceptors (Lipinski definition) is 5. The molecule has 7 nitrogen and oxygen atoms in total. The van der Waals surface area contributed by atoms with Crippen molar-refractivity contribution in [2.24, 2.45) is 0 Å². The van der Waals surface area contributed by atoms with Crippen LogP contribution in [0.25, 0.3) is 0 Å². The highest BCUT2D eigenvalue weighted by Crippen LogP contribution is 2.30. The summed E-state index contributed by atoms with van der Waals surface area (Å²) in [4.78, 5) is 13.4. The van der Waals surface area contributed by atoms with Crippen molar-refractivity contribution in [3.05, 3.63) is 53.6 Å². The molecule has 0 unspecified atom stereocenters. The maximum atomic E-state index is 12.7. The van der Waals surface area contributed by atoms with E-state index in [0.29, 0.717) is 32.0 Å². The van der Waals surface area contributed by atoms with Crippen LogP contribution < -0.4 is 9.62 Å². The Bertz CT molecular complexity index is 904. The Morgan fingerprint density at radius 3 is 2.38 bits per heavy atom. The lowest BCUT2D eigenvalue weighted by Crippen LogP contribution is -2.36. The van der Waals surface area contributed by atoms with E-state index in [2.05, 4.69) is 4.72 Å². The number of nitrogens with zero attached hydrogens (tertiary/aromatic N) is 1. The Hall–Kier alpha value is -2.58. The molecule has 0 aliphatic carbocycles. The molecule has 1 aliphatic rings. The standard InChI is InChI=1S/C18H20N2O5S/c1-13-2-5-15(6-3-13)26(23,24)19-16-12-14(18(21)22)4-7-17(16)20-8-10-25-11-9-20/h2-7,12,19H,8-11H2,1H3,(H,21,22). The third kappa shape index (κ3) is 3.97. The minimum atomic E-state index is -3.83. The highest BCUT2D eigenvalue weighted by atomic mass is 32.2. The van der Waals surface area contributed by atoms with Crippen LogP contribution in [-0.2, 0) is 14.8 Å². The number of hydrogen-bond donors (Lipinski definition) is 2. The van der Waals surface area contributed by atoms with Crippen LogP contribution in [0.1, 0.15) is 15.9 Å². The van der Waals surface area contributed by atoms with E-state index in [0.717, 1.165) is 5.56 Å². The van der Waals surface area contributed by atoms with E-state index >= 15 is 0 Å². The Morgan fingerprint density at radius 2 is 1.77 bits per heavy atom. The smallest absolute Gasteiger partial charge is 0.335 e. The first-order valence-electron chi connectivity index (χ1n) is 8.16. The van der Waals surface area contributed by atoms with E-state index in [1.165, 1.54) is 24.3 Å². The summed E-state index contributed by atoms with van der Waals surface area (Å²) >= 11 is 0. The molecule has 0 saturated carbocycles. The molecule has 0 amide bonds. The summed E-state index contributed by atoms with van der Waals surface area (Å²) in [6.07, 6.45) is 0. The van der Waals surface area contributed by atoms with Crippen LogP contribution in [0.2, 0.25) is 0 Å². The molecule has 2 N–H and O–H groups in total. The third-order valence-electron chi connectivity index (χ3n) is 4.17. The van der Waals surface area contributed by atoms with Gasteiger partial charge < -0.3 is 14.7 Å². The Morgan fingerprint density at radius 1 is 1.12 bits per heavy atom. The molecule has 3 rings (SSSR count). The lowest BCUT2D eigenvalue weighted by Gasteiger charge is -2.30. The number of sulfonamides is 1. The van der Waals surface area contributed by atoms with E-state index < -0.39 is 16.0 Å². The topological polar surface area (TPSA) is 95.9 Å². The van der Waals surface area contributed by atoms with Crippen molar-refractivity contribution in [1.82, 2.24) is 0 Å². The summed E-state index contributed by atoms with van der Waals surface area (Å²) in [6, 6.07) is 10.9. The number of rotatable bonds is 5. The van der Waals surface area contributed by atoms with Gasteiger partial charge in [0.2, 0.25) is 0 Å². The number of anilines is 2. The zero-order valence-corrected chi connectivity index (χ0v) is 15.1. The lowest BCUT2D eigenvalue weighted by molar-refractivity contribution is 0.0697. The highest BCUT2D eigenvalue weighted by Gasteiger charge is 2.21. The first kappa shape index (κ1) is 18.2. The highest BCUT2D eigenvalue weighted by molar-refractivity contribution is 7.92. The van der Waals surface area contributed by atoms with Crippen LogP contribution in [0.3, 0.4) is 0 Å².